The third-order valence-corrected chi connectivity index (χ3v) is 10.2. The summed E-state index contributed by atoms with van der Waals surface area (Å²) in [4.78, 5) is 37.6. The van der Waals surface area contributed by atoms with Crippen LogP contribution in [-0.2, 0) is 20.7 Å². The van der Waals surface area contributed by atoms with E-state index in [0.29, 0.717) is 29.9 Å². The standard InChI is InChI=1S/C37H44N4O5/c1-9-21-17(4)24-14-26-19(6)23(12-13-30(42)46-11-3)34(40-26)32-33(37(44)45-8)36(43)31-20(7)27(41-35(31)32)16-29-22(10-2)18(5)25(39-29)15-28(21)38-24/h9,14-16,19,23,33,37-41,44H,1,10-13H2,2-8H3/b25-15-,26-14-,29-16-,34-32-/t19-,23-,33+,37?/m0/s1. The van der Waals surface area contributed by atoms with Crippen molar-refractivity contribution in [2.75, 3.05) is 13.7 Å². The van der Waals surface area contributed by atoms with E-state index in [-0.39, 0.29) is 30.0 Å². The van der Waals surface area contributed by atoms with Crippen LogP contribution in [0.15, 0.2) is 18.0 Å². The molecule has 3 aromatic rings. The average molecular weight is 625 g/mol. The van der Waals surface area contributed by atoms with Crippen LogP contribution in [0.4, 0.5) is 0 Å². The second kappa shape index (κ2) is 12.1. The molecular formula is C37H44N4O5. The number of Topliss-reactive ketones (excluding diaryl/α,β-unsaturated/α-hetero) is 1. The number of carbonyl (C=O) groups is 2. The molecule has 0 radical (unpaired) electrons. The van der Waals surface area contributed by atoms with Gasteiger partial charge in [0.2, 0.25) is 0 Å². The fraction of sp³-hybridized carbons (Fsp3) is 0.405. The van der Waals surface area contributed by atoms with Gasteiger partial charge in [0.15, 0.2) is 12.1 Å². The molecule has 1 aliphatic carbocycles. The van der Waals surface area contributed by atoms with Crippen molar-refractivity contribution in [1.82, 2.24) is 20.3 Å². The number of carbonyl (C=O) groups excluding carboxylic acids is 2. The Kier molecular flexibility index (Phi) is 8.33. The number of rotatable bonds is 8. The highest BCUT2D eigenvalue weighted by atomic mass is 16.6. The number of hydrogen-bond donors (Lipinski definition) is 5. The zero-order valence-corrected chi connectivity index (χ0v) is 27.7. The second-order valence-electron chi connectivity index (χ2n) is 12.6. The fourth-order valence-corrected chi connectivity index (χ4v) is 7.60. The van der Waals surface area contributed by atoms with Gasteiger partial charge in [-0.25, -0.2) is 0 Å². The number of fused-ring (bicyclic) bond motifs is 7. The molecule has 4 atom stereocenters. The first-order valence-electron chi connectivity index (χ1n) is 16.2. The molecule has 0 aromatic carbocycles. The monoisotopic (exact) mass is 624 g/mol. The average Bonchev–Trinajstić information content (AvgIpc) is 3.77. The molecule has 5 heterocycles. The third kappa shape index (κ3) is 4.93. The summed E-state index contributed by atoms with van der Waals surface area (Å²) in [5.41, 5.74) is 11.7. The Hall–Kier alpha value is -4.34. The van der Waals surface area contributed by atoms with Gasteiger partial charge in [-0.3, -0.25) is 9.59 Å². The highest BCUT2D eigenvalue weighted by Crippen LogP contribution is 2.49. The largest absolute Gasteiger partial charge is 0.466 e. The molecule has 1 unspecified atom stereocenters. The molecular weight excluding hydrogens is 580 g/mol. The van der Waals surface area contributed by atoms with Crippen molar-refractivity contribution in [2.24, 2.45) is 17.8 Å². The lowest BCUT2D eigenvalue weighted by atomic mass is 9.84. The number of aromatic amines is 3. The molecule has 3 aliphatic rings. The van der Waals surface area contributed by atoms with E-state index in [1.54, 1.807) is 6.92 Å². The smallest absolute Gasteiger partial charge is 0.305 e. The molecule has 0 amide bonds. The van der Waals surface area contributed by atoms with E-state index in [0.717, 1.165) is 67.8 Å². The molecule has 2 aliphatic heterocycles. The number of allylic oxidation sites excluding steroid dienone is 2. The quantitative estimate of drug-likeness (QED) is 0.185. The maximum absolute atomic E-state index is 14.2. The maximum atomic E-state index is 14.2. The van der Waals surface area contributed by atoms with Crippen molar-refractivity contribution in [3.63, 3.8) is 0 Å². The molecule has 5 N–H and O–H groups in total. The first kappa shape index (κ1) is 31.6. The fourth-order valence-electron chi connectivity index (χ4n) is 7.60. The van der Waals surface area contributed by atoms with E-state index in [1.807, 2.05) is 13.0 Å². The number of aliphatic hydroxyl groups excluding tert-OH is 1. The highest BCUT2D eigenvalue weighted by molar-refractivity contribution is 6.15. The van der Waals surface area contributed by atoms with Crippen LogP contribution in [0, 0.1) is 38.5 Å². The number of methoxy groups -OCH3 is 1. The van der Waals surface area contributed by atoms with Gasteiger partial charge >= 0.3 is 5.97 Å². The van der Waals surface area contributed by atoms with E-state index >= 15 is 0 Å². The van der Waals surface area contributed by atoms with Crippen LogP contribution in [0.1, 0.15) is 94.6 Å². The topological polar surface area (TPSA) is 132 Å². The Balaban J connectivity index is 1.69. The Morgan fingerprint density at radius 2 is 1.74 bits per heavy atom. The van der Waals surface area contributed by atoms with Gasteiger partial charge in [-0.2, -0.15) is 0 Å². The number of ether oxygens (including phenoxy) is 2. The predicted molar refractivity (Wildman–Crippen MR) is 180 cm³/mol. The number of aromatic nitrogens is 3. The Morgan fingerprint density at radius 3 is 2.41 bits per heavy atom. The van der Waals surface area contributed by atoms with Gasteiger partial charge in [0, 0.05) is 81.2 Å². The first-order valence-corrected chi connectivity index (χ1v) is 16.2. The molecule has 9 heteroatoms. The minimum atomic E-state index is -1.34. The lowest BCUT2D eigenvalue weighted by molar-refractivity contribution is -0.143. The van der Waals surface area contributed by atoms with Gasteiger partial charge in [-0.05, 0) is 81.0 Å². The minimum absolute atomic E-state index is 0.0311. The van der Waals surface area contributed by atoms with E-state index < -0.39 is 12.2 Å². The molecule has 1 fully saturated rings. The van der Waals surface area contributed by atoms with Gasteiger partial charge in [-0.15, -0.1) is 0 Å². The zero-order valence-electron chi connectivity index (χ0n) is 27.7. The first-order chi connectivity index (χ1) is 22.0. The second-order valence-corrected chi connectivity index (χ2v) is 12.6. The highest BCUT2D eigenvalue weighted by Gasteiger charge is 2.48. The van der Waals surface area contributed by atoms with Gasteiger partial charge in [0.1, 0.15) is 5.92 Å². The number of hydrogen-bond acceptors (Lipinski definition) is 6. The molecule has 0 saturated carbocycles. The molecule has 0 spiro atoms. The molecule has 242 valence electrons. The molecule has 3 aromatic heterocycles. The van der Waals surface area contributed by atoms with Crippen LogP contribution in [-0.4, -0.2) is 51.8 Å². The molecule has 1 saturated heterocycles. The van der Waals surface area contributed by atoms with Crippen molar-refractivity contribution in [3.05, 3.63) is 84.8 Å². The van der Waals surface area contributed by atoms with E-state index in [9.17, 15) is 14.7 Å². The van der Waals surface area contributed by atoms with Crippen molar-refractivity contribution in [2.45, 2.75) is 67.1 Å². The number of H-pyrrole nitrogens is 3. The van der Waals surface area contributed by atoms with Crippen LogP contribution < -0.4 is 16.0 Å². The summed E-state index contributed by atoms with van der Waals surface area (Å²) in [6.45, 7) is 16.7. The molecule has 46 heavy (non-hydrogen) atoms. The van der Waals surface area contributed by atoms with E-state index in [2.05, 4.69) is 72.8 Å². The van der Waals surface area contributed by atoms with Crippen molar-refractivity contribution in [1.29, 1.82) is 0 Å². The molecule has 6 rings (SSSR count). The van der Waals surface area contributed by atoms with Gasteiger partial charge in [0.25, 0.3) is 0 Å². The van der Waals surface area contributed by atoms with Crippen LogP contribution in [0.3, 0.4) is 0 Å². The van der Waals surface area contributed by atoms with Gasteiger partial charge in [0.05, 0.1) is 12.3 Å². The van der Waals surface area contributed by atoms with E-state index in [4.69, 9.17) is 9.47 Å². The third-order valence-electron chi connectivity index (χ3n) is 10.2. The summed E-state index contributed by atoms with van der Waals surface area (Å²) in [6, 6.07) is 0. The van der Waals surface area contributed by atoms with Crippen LogP contribution in [0.25, 0.3) is 29.9 Å². The van der Waals surface area contributed by atoms with Crippen LogP contribution in [0.5, 0.6) is 0 Å². The summed E-state index contributed by atoms with van der Waals surface area (Å²) in [5.74, 6) is -1.56. The predicted octanol–water partition coefficient (Wildman–Crippen LogP) is 4.50. The molecule has 8 bridgehead atoms. The lowest BCUT2D eigenvalue weighted by Gasteiger charge is -2.23. The Bertz CT molecular complexity index is 1950. The molecule has 9 nitrogen and oxygen atoms in total. The van der Waals surface area contributed by atoms with Gasteiger partial charge < -0.3 is 34.8 Å². The maximum Gasteiger partial charge on any atom is 0.305 e. The summed E-state index contributed by atoms with van der Waals surface area (Å²) in [6.07, 6.45) is 8.44. The van der Waals surface area contributed by atoms with Crippen LogP contribution in [0.2, 0.25) is 0 Å². The summed E-state index contributed by atoms with van der Waals surface area (Å²) >= 11 is 0. The van der Waals surface area contributed by atoms with Crippen molar-refractivity contribution < 1.29 is 24.2 Å². The number of aliphatic hydroxyl groups is 1. The number of ketones is 1. The Morgan fingerprint density at radius 1 is 1.02 bits per heavy atom. The Labute approximate surface area is 269 Å². The van der Waals surface area contributed by atoms with Crippen molar-refractivity contribution in [3.8, 4) is 0 Å². The van der Waals surface area contributed by atoms with Gasteiger partial charge in [-0.1, -0.05) is 26.5 Å². The van der Waals surface area contributed by atoms with Crippen molar-refractivity contribution >= 4 is 41.6 Å². The number of esters is 1. The SMILES string of the molecule is C=Cc1c2[nH]c(c1C)/C=C1\N/C(=C3\c4[nH]c(c(C)c4C(=O)[C@@H]3C(O)OC)/C=c3\[nH]/c(c(C)c3CC)=C\2)[C@@H](CCC(=O)OCC)[C@@H]1C. The van der Waals surface area contributed by atoms with E-state index in [1.165, 1.54) is 12.7 Å². The minimum Gasteiger partial charge on any atom is -0.466 e. The normalized spacial score (nSPS) is 24.8. The zero-order chi connectivity index (χ0) is 33.0. The van der Waals surface area contributed by atoms with Crippen LogP contribution >= 0.6 is 0 Å². The number of nitrogens with one attached hydrogen (secondary N) is 4. The summed E-state index contributed by atoms with van der Waals surface area (Å²) < 4.78 is 10.7. The lowest BCUT2D eigenvalue weighted by Crippen LogP contribution is -2.29. The summed E-state index contributed by atoms with van der Waals surface area (Å²) in [7, 11) is 1.41. The summed E-state index contributed by atoms with van der Waals surface area (Å²) in [5, 5.41) is 16.8.